The maximum atomic E-state index is 11.3. The predicted molar refractivity (Wildman–Crippen MR) is 22.2 cm³/mol. The van der Waals surface area contributed by atoms with Crippen molar-refractivity contribution >= 4 is 22.6 Å². The predicted octanol–water partition coefficient (Wildman–Crippen LogP) is -2.87. The molecule has 0 fully saturated rings. The fourth-order valence-electron chi connectivity index (χ4n) is 0.0525. The number of rotatable bonds is 3. The third kappa shape index (κ3) is 12.6. The van der Waals surface area contributed by atoms with Gasteiger partial charge in [0, 0.05) is 22.6 Å². The van der Waals surface area contributed by atoms with Crippen LogP contribution in [0, 0.1) is 0 Å². The van der Waals surface area contributed by atoms with Crippen molar-refractivity contribution in [2.24, 2.45) is 0 Å². The van der Waals surface area contributed by atoms with Crippen molar-refractivity contribution in [3.8, 4) is 0 Å². The molecule has 0 aliphatic heterocycles. The van der Waals surface area contributed by atoms with Gasteiger partial charge in [-0.3, -0.25) is 5.04 Å². The van der Waals surface area contributed by atoms with Crippen LogP contribution in [0.2, 0.25) is 0 Å². The normalized spacial score (nSPS) is 10.7. The third-order valence-electron chi connectivity index (χ3n) is 0.156. The summed E-state index contributed by atoms with van der Waals surface area (Å²) in [4.78, 5) is 3.00. The summed E-state index contributed by atoms with van der Waals surface area (Å²) in [6.07, 6.45) is 0. The standard InChI is InChI=1S/CHF2IO4.Na/c2-1(3,4)6-8-7-5;/h5H;/q;+1/p-1. The summed E-state index contributed by atoms with van der Waals surface area (Å²) in [7, 11) is 0. The zero-order valence-electron chi connectivity index (χ0n) is 4.27. The molecule has 0 saturated carbocycles. The van der Waals surface area contributed by atoms with Crippen molar-refractivity contribution in [3.63, 3.8) is 0 Å². The minimum atomic E-state index is -3.53. The van der Waals surface area contributed by atoms with Gasteiger partial charge in [-0.1, -0.05) is 5.04 Å². The molecule has 0 rings (SSSR count). The van der Waals surface area contributed by atoms with Crippen LogP contribution in [-0.2, 0) is 15.0 Å². The Labute approximate surface area is 84.7 Å². The Morgan fingerprint density at radius 3 is 2.00 bits per heavy atom. The summed E-state index contributed by atoms with van der Waals surface area (Å²) in [5.41, 5.74) is 0. The molecule has 0 radical (unpaired) electrons. The van der Waals surface area contributed by atoms with Gasteiger partial charge in [0.2, 0.25) is 0 Å². The average molecular weight is 264 g/mol. The molecule has 4 nitrogen and oxygen atoms in total. The molecule has 0 aromatic carbocycles. The number of alkyl halides is 3. The monoisotopic (exact) mass is 264 g/mol. The molecule has 0 aliphatic rings. The molecule has 0 heterocycles. The van der Waals surface area contributed by atoms with Gasteiger partial charge in [0.25, 0.3) is 0 Å². The van der Waals surface area contributed by atoms with E-state index < -0.39 is 4.12 Å². The largest absolute Gasteiger partial charge is 1.00 e. The fourth-order valence-corrected chi connectivity index (χ4v) is 0.126. The van der Waals surface area contributed by atoms with Gasteiger partial charge < -0.3 is 5.26 Å². The summed E-state index contributed by atoms with van der Waals surface area (Å²) in [6.45, 7) is 0. The SMILES string of the molecule is [Na+].[O-]OOOC(F)(F)I. The zero-order valence-corrected chi connectivity index (χ0v) is 8.42. The van der Waals surface area contributed by atoms with E-state index in [4.69, 9.17) is 5.26 Å². The molecule has 0 bridgehead atoms. The maximum Gasteiger partial charge on any atom is 1.00 e. The van der Waals surface area contributed by atoms with Gasteiger partial charge >= 0.3 is 33.7 Å². The van der Waals surface area contributed by atoms with Crippen molar-refractivity contribution in [2.75, 3.05) is 0 Å². The summed E-state index contributed by atoms with van der Waals surface area (Å²) in [6, 6.07) is 0. The van der Waals surface area contributed by atoms with Crippen LogP contribution in [0.25, 0.3) is 0 Å². The van der Waals surface area contributed by atoms with Crippen molar-refractivity contribution in [1.82, 2.24) is 0 Å². The first-order valence-corrected chi connectivity index (χ1v) is 2.35. The molecule has 0 atom stereocenters. The second-order valence-corrected chi connectivity index (χ2v) is 1.92. The molecule has 0 unspecified atom stereocenters. The van der Waals surface area contributed by atoms with Gasteiger partial charge in [-0.15, -0.1) is 4.89 Å². The molecule has 9 heavy (non-hydrogen) atoms. The topological polar surface area (TPSA) is 50.8 Å². The Morgan fingerprint density at radius 2 is 1.89 bits per heavy atom. The Balaban J connectivity index is 0. The molecule has 0 amide bonds. The summed E-state index contributed by atoms with van der Waals surface area (Å²) in [5, 5.41) is 14.1. The van der Waals surface area contributed by atoms with Gasteiger partial charge in [-0.25, -0.2) is 0 Å². The van der Waals surface area contributed by atoms with E-state index in [2.05, 4.69) is 15.0 Å². The van der Waals surface area contributed by atoms with Crippen molar-refractivity contribution in [1.29, 1.82) is 0 Å². The Kier molecular flexibility index (Phi) is 8.93. The van der Waals surface area contributed by atoms with E-state index in [1.165, 1.54) is 0 Å². The minimum Gasteiger partial charge on any atom is -0.690 e. The molecule has 0 saturated heterocycles. The molecule has 0 aromatic heterocycles. The molecule has 0 aliphatic carbocycles. The maximum absolute atomic E-state index is 11.3. The van der Waals surface area contributed by atoms with E-state index >= 15 is 0 Å². The van der Waals surface area contributed by atoms with E-state index in [0.29, 0.717) is 22.6 Å². The molecule has 0 aromatic rings. The smallest absolute Gasteiger partial charge is 0.690 e. The van der Waals surface area contributed by atoms with Crippen LogP contribution < -0.4 is 34.8 Å². The van der Waals surface area contributed by atoms with Gasteiger partial charge in [0.1, 0.15) is 0 Å². The second-order valence-electron chi connectivity index (χ2n) is 0.665. The van der Waals surface area contributed by atoms with Crippen molar-refractivity contribution < 1.29 is 58.6 Å². The first-order valence-electron chi connectivity index (χ1n) is 1.27. The Bertz CT molecular complexity index is 66.1. The van der Waals surface area contributed by atoms with Crippen LogP contribution in [0.3, 0.4) is 0 Å². The Morgan fingerprint density at radius 1 is 1.44 bits per heavy atom. The number of hydrogen-bond donors (Lipinski definition) is 0. The number of hydrogen-bond acceptors (Lipinski definition) is 4. The van der Waals surface area contributed by atoms with Gasteiger partial charge in [-0.2, -0.15) is 8.78 Å². The summed E-state index contributed by atoms with van der Waals surface area (Å²) < 4.78 is 19.1. The third-order valence-corrected chi connectivity index (χ3v) is 0.336. The van der Waals surface area contributed by atoms with Crippen molar-refractivity contribution in [2.45, 2.75) is 4.12 Å². The van der Waals surface area contributed by atoms with E-state index in [0.717, 1.165) is 0 Å². The van der Waals surface area contributed by atoms with Crippen LogP contribution in [-0.4, -0.2) is 4.12 Å². The van der Waals surface area contributed by atoms with Gasteiger partial charge in [0.05, 0.1) is 0 Å². The van der Waals surface area contributed by atoms with Gasteiger partial charge in [-0.05, 0) is 0 Å². The van der Waals surface area contributed by atoms with E-state index in [9.17, 15) is 8.78 Å². The molecular formula is CF2INaO4. The molecular weight excluding hydrogens is 264 g/mol. The van der Waals surface area contributed by atoms with E-state index in [1.807, 2.05) is 0 Å². The number of halogens is 3. The van der Waals surface area contributed by atoms with Gasteiger partial charge in [0.15, 0.2) is 0 Å². The molecule has 8 heteroatoms. The summed E-state index contributed by atoms with van der Waals surface area (Å²) in [5.74, 6) is 0. The van der Waals surface area contributed by atoms with Crippen molar-refractivity contribution in [3.05, 3.63) is 0 Å². The van der Waals surface area contributed by atoms with E-state index in [1.54, 1.807) is 0 Å². The van der Waals surface area contributed by atoms with Crippen LogP contribution >= 0.6 is 22.6 Å². The van der Waals surface area contributed by atoms with Crippen LogP contribution in [0.1, 0.15) is 0 Å². The zero-order chi connectivity index (χ0) is 6.62. The Hall–Kier alpha value is 1.43. The first-order chi connectivity index (χ1) is 3.56. The van der Waals surface area contributed by atoms with Crippen LogP contribution in [0.5, 0.6) is 0 Å². The minimum absolute atomic E-state index is 0. The van der Waals surface area contributed by atoms with Crippen LogP contribution in [0.15, 0.2) is 0 Å². The quantitative estimate of drug-likeness (QED) is 0.181. The molecule has 0 spiro atoms. The summed E-state index contributed by atoms with van der Waals surface area (Å²) >= 11 is 0.600. The fraction of sp³-hybridized carbons (Fsp3) is 1.00. The molecule has 50 valence electrons. The van der Waals surface area contributed by atoms with Crippen LogP contribution in [0.4, 0.5) is 8.78 Å². The second kappa shape index (κ2) is 6.16. The first kappa shape index (κ1) is 13.1. The van der Waals surface area contributed by atoms with E-state index in [-0.39, 0.29) is 29.6 Å². The average Bonchev–Trinajstić information content (AvgIpc) is 1.59. The molecule has 0 N–H and O–H groups in total.